The summed E-state index contributed by atoms with van der Waals surface area (Å²) in [6.45, 7) is 3.77. The van der Waals surface area contributed by atoms with Gasteiger partial charge in [-0.05, 0) is 6.92 Å². The number of carbonyl (C=O) groups is 1. The van der Waals surface area contributed by atoms with E-state index < -0.39 is 37.2 Å². The molecule has 0 aromatic heterocycles. The molecule has 0 spiro atoms. The molecule has 110 valence electrons. The third kappa shape index (κ3) is 1.47. The van der Waals surface area contributed by atoms with Crippen LogP contribution in [0, 0.1) is 30.3 Å². The van der Waals surface area contributed by atoms with Crippen LogP contribution < -0.4 is 0 Å². The van der Waals surface area contributed by atoms with E-state index in [0.717, 1.165) is 26.8 Å². The molecule has 10 heteroatoms. The largest absolute Gasteiger partial charge is 0.355 e. The minimum atomic E-state index is -2.73. The van der Waals surface area contributed by atoms with E-state index in [2.05, 4.69) is 0 Å². The Morgan fingerprint density at radius 1 is 0.900 bits per heavy atom. The predicted molar refractivity (Wildman–Crippen MR) is 65.0 cm³/mol. The number of rotatable bonds is 3. The van der Waals surface area contributed by atoms with E-state index in [1.807, 2.05) is 0 Å². The minimum absolute atomic E-state index is 0.194. The van der Waals surface area contributed by atoms with Crippen molar-refractivity contribution in [1.29, 1.82) is 0 Å². The summed E-state index contributed by atoms with van der Waals surface area (Å²) in [5, 5.41) is 33.6. The average Bonchev–Trinajstić information content (AvgIpc) is 2.32. The minimum Gasteiger partial charge on any atom is -0.283 e. The molecule has 0 heterocycles. The van der Waals surface area contributed by atoms with E-state index >= 15 is 0 Å². The first-order chi connectivity index (χ1) is 8.86. The molecule has 0 aromatic carbocycles. The van der Waals surface area contributed by atoms with Gasteiger partial charge in [0.15, 0.2) is 0 Å². The molecule has 0 amide bonds. The summed E-state index contributed by atoms with van der Waals surface area (Å²) >= 11 is 0. The zero-order valence-electron chi connectivity index (χ0n) is 11.3. The monoisotopic (exact) mass is 287 g/mol. The molecule has 0 fully saturated rings. The number of Topliss-reactive ketones (excluding diaryl/α,β-unsaturated/α-hetero) is 1. The fraction of sp³-hybridized carbons (Fsp3) is 0.700. The van der Waals surface area contributed by atoms with Gasteiger partial charge in [-0.1, -0.05) is 0 Å². The molecule has 0 aliphatic heterocycles. The second kappa shape index (κ2) is 4.05. The van der Waals surface area contributed by atoms with E-state index in [4.69, 9.17) is 0 Å². The average molecular weight is 287 g/mol. The van der Waals surface area contributed by atoms with Crippen molar-refractivity contribution in [1.82, 2.24) is 0 Å². The lowest BCUT2D eigenvalue weighted by Gasteiger charge is -2.37. The normalized spacial score (nSPS) is 37.2. The molecule has 0 N–H and O–H groups in total. The van der Waals surface area contributed by atoms with Crippen molar-refractivity contribution in [3.8, 4) is 0 Å². The third-order valence-corrected chi connectivity index (χ3v) is 4.22. The molecule has 3 unspecified atom stereocenters. The maximum absolute atomic E-state index is 12.3. The van der Waals surface area contributed by atoms with Gasteiger partial charge >= 0.3 is 16.6 Å². The number of ketones is 1. The molecule has 3 atom stereocenters. The summed E-state index contributed by atoms with van der Waals surface area (Å²) in [6, 6.07) is 0. The molecular formula is C10H13N3O7. The molecule has 1 aliphatic rings. The molecule has 0 saturated heterocycles. The Labute approximate surface area is 112 Å². The van der Waals surface area contributed by atoms with Crippen molar-refractivity contribution in [2.24, 2.45) is 0 Å². The summed E-state index contributed by atoms with van der Waals surface area (Å²) in [7, 11) is 0. The van der Waals surface area contributed by atoms with Gasteiger partial charge in [0.05, 0.1) is 0 Å². The van der Waals surface area contributed by atoms with Gasteiger partial charge in [-0.15, -0.1) is 0 Å². The number of nitro groups is 3. The Morgan fingerprint density at radius 3 is 1.60 bits per heavy atom. The van der Waals surface area contributed by atoms with Gasteiger partial charge in [-0.2, -0.15) is 0 Å². The van der Waals surface area contributed by atoms with E-state index in [1.165, 1.54) is 6.92 Å². The Bertz CT molecular complexity index is 571. The summed E-state index contributed by atoms with van der Waals surface area (Å²) in [6.07, 6.45) is 0.823. The number of hydrogen-bond donors (Lipinski definition) is 0. The first-order valence-corrected chi connectivity index (χ1v) is 5.55. The van der Waals surface area contributed by atoms with Crippen LogP contribution in [0.5, 0.6) is 0 Å². The zero-order valence-corrected chi connectivity index (χ0v) is 11.3. The van der Waals surface area contributed by atoms with Crippen molar-refractivity contribution < 1.29 is 19.6 Å². The van der Waals surface area contributed by atoms with Crippen LogP contribution in [0.3, 0.4) is 0 Å². The van der Waals surface area contributed by atoms with E-state index in [-0.39, 0.29) is 5.57 Å². The van der Waals surface area contributed by atoms with Gasteiger partial charge in [0.1, 0.15) is 0 Å². The maximum atomic E-state index is 12.3. The Kier molecular flexibility index (Phi) is 3.17. The van der Waals surface area contributed by atoms with E-state index in [1.54, 1.807) is 0 Å². The van der Waals surface area contributed by atoms with Crippen molar-refractivity contribution in [2.75, 3.05) is 0 Å². The molecule has 10 nitrogen and oxygen atoms in total. The summed E-state index contributed by atoms with van der Waals surface area (Å²) in [5.41, 5.74) is -7.62. The lowest BCUT2D eigenvalue weighted by Crippen LogP contribution is -2.72. The first kappa shape index (κ1) is 15.7. The van der Waals surface area contributed by atoms with Gasteiger partial charge in [0, 0.05) is 47.2 Å². The molecule has 0 bridgehead atoms. The van der Waals surface area contributed by atoms with Gasteiger partial charge in [-0.3, -0.25) is 35.1 Å². The lowest BCUT2D eigenvalue weighted by atomic mass is 9.63. The van der Waals surface area contributed by atoms with Crippen molar-refractivity contribution in [3.63, 3.8) is 0 Å². The fourth-order valence-corrected chi connectivity index (χ4v) is 2.44. The molecule has 20 heavy (non-hydrogen) atoms. The first-order valence-electron chi connectivity index (χ1n) is 5.55. The highest BCUT2D eigenvalue weighted by Crippen LogP contribution is 2.44. The van der Waals surface area contributed by atoms with Crippen LogP contribution in [0.1, 0.15) is 27.7 Å². The highest BCUT2D eigenvalue weighted by molar-refractivity contribution is 5.98. The van der Waals surface area contributed by atoms with Crippen LogP contribution in [-0.2, 0) is 4.79 Å². The molecular weight excluding hydrogens is 274 g/mol. The number of nitrogens with zero attached hydrogens (tertiary/aromatic N) is 3. The third-order valence-electron chi connectivity index (χ3n) is 4.22. The van der Waals surface area contributed by atoms with Gasteiger partial charge in [0.2, 0.25) is 0 Å². The second-order valence-electron chi connectivity index (χ2n) is 5.22. The molecule has 0 saturated carbocycles. The Hall–Kier alpha value is -2.39. The van der Waals surface area contributed by atoms with E-state index in [9.17, 15) is 35.1 Å². The van der Waals surface area contributed by atoms with E-state index in [0.29, 0.717) is 0 Å². The van der Waals surface area contributed by atoms with Crippen molar-refractivity contribution in [2.45, 2.75) is 44.3 Å². The van der Waals surface area contributed by atoms with Crippen LogP contribution in [0.2, 0.25) is 0 Å². The summed E-state index contributed by atoms with van der Waals surface area (Å²) in [4.78, 5) is 42.9. The highest BCUT2D eigenvalue weighted by Gasteiger charge is 2.78. The van der Waals surface area contributed by atoms with Crippen LogP contribution in [0.25, 0.3) is 0 Å². The molecule has 1 aliphatic carbocycles. The molecule has 0 aromatic rings. The maximum Gasteiger partial charge on any atom is 0.355 e. The second-order valence-corrected chi connectivity index (χ2v) is 5.22. The van der Waals surface area contributed by atoms with Crippen LogP contribution in [0.15, 0.2) is 11.6 Å². The van der Waals surface area contributed by atoms with Gasteiger partial charge in [-0.25, -0.2) is 0 Å². The summed E-state index contributed by atoms with van der Waals surface area (Å²) in [5.74, 6) is -1.41. The predicted octanol–water partition coefficient (Wildman–Crippen LogP) is 0.622. The van der Waals surface area contributed by atoms with Crippen LogP contribution in [0.4, 0.5) is 0 Å². The highest BCUT2D eigenvalue weighted by atomic mass is 16.7. The number of carbonyl (C=O) groups excluding carboxylic acids is 1. The topological polar surface area (TPSA) is 146 Å². The fourth-order valence-electron chi connectivity index (χ4n) is 2.44. The van der Waals surface area contributed by atoms with Crippen molar-refractivity contribution in [3.05, 3.63) is 42.0 Å². The Balaban J connectivity index is 3.84. The molecule has 1 rings (SSSR count). The van der Waals surface area contributed by atoms with Crippen molar-refractivity contribution >= 4 is 5.78 Å². The lowest BCUT2D eigenvalue weighted by molar-refractivity contribution is -0.664. The summed E-state index contributed by atoms with van der Waals surface area (Å²) < 4.78 is 0. The van der Waals surface area contributed by atoms with Gasteiger partial charge < -0.3 is 0 Å². The smallest absolute Gasteiger partial charge is 0.283 e. The number of hydrogen-bond acceptors (Lipinski definition) is 7. The SMILES string of the molecule is CC1=CC(C)([N+](=O)[O-])C(=O)C(C)([N+](=O)[O-])C1(C)[N+](=O)[O-]. The molecule has 0 radical (unpaired) electrons. The quantitative estimate of drug-likeness (QED) is 0.419. The zero-order chi connectivity index (χ0) is 16.1. The van der Waals surface area contributed by atoms with Crippen LogP contribution >= 0.6 is 0 Å². The standard InChI is InChI=1S/C10H13N3O7/c1-6-5-8(2,11(15)16)7(14)10(4,13(19)20)9(6,3)12(17)18/h5H,1-4H3. The van der Waals surface area contributed by atoms with Crippen LogP contribution in [-0.4, -0.2) is 37.2 Å². The van der Waals surface area contributed by atoms with Gasteiger partial charge in [0.25, 0.3) is 5.78 Å². The Morgan fingerprint density at radius 2 is 1.30 bits per heavy atom.